The first-order valence-corrected chi connectivity index (χ1v) is 10.2. The van der Waals surface area contributed by atoms with Crippen LogP contribution in [0.5, 0.6) is 5.75 Å². The quantitative estimate of drug-likeness (QED) is 0.690. The van der Waals surface area contributed by atoms with Crippen LogP contribution in [0.25, 0.3) is 0 Å². The molecule has 8 heteroatoms. The summed E-state index contributed by atoms with van der Waals surface area (Å²) in [6.07, 6.45) is -2.38. The monoisotopic (exact) mass is 434 g/mol. The van der Waals surface area contributed by atoms with Gasteiger partial charge in [-0.3, -0.25) is 9.59 Å². The van der Waals surface area contributed by atoms with Gasteiger partial charge in [0, 0.05) is 31.7 Å². The van der Waals surface area contributed by atoms with Crippen molar-refractivity contribution in [3.8, 4) is 5.75 Å². The third-order valence-corrected chi connectivity index (χ3v) is 5.20. The number of piperazine rings is 1. The Kier molecular flexibility index (Phi) is 7.20. The molecule has 1 heterocycles. The van der Waals surface area contributed by atoms with E-state index in [1.807, 2.05) is 24.3 Å². The molecule has 166 valence electrons. The normalized spacial score (nSPS) is 14.5. The first-order valence-electron chi connectivity index (χ1n) is 10.2. The van der Waals surface area contributed by atoms with Crippen molar-refractivity contribution in [2.24, 2.45) is 0 Å². The first kappa shape index (κ1) is 22.7. The highest BCUT2D eigenvalue weighted by molar-refractivity contribution is 5.94. The van der Waals surface area contributed by atoms with Crippen LogP contribution in [0.4, 0.5) is 13.2 Å². The predicted molar refractivity (Wildman–Crippen MR) is 110 cm³/mol. The van der Waals surface area contributed by atoms with E-state index in [0.29, 0.717) is 31.9 Å². The van der Waals surface area contributed by atoms with Gasteiger partial charge >= 0.3 is 6.18 Å². The lowest BCUT2D eigenvalue weighted by atomic mass is 10.1. The number of amides is 2. The molecule has 2 amide bonds. The smallest absolute Gasteiger partial charge is 0.416 e. The van der Waals surface area contributed by atoms with E-state index in [2.05, 4.69) is 6.92 Å². The molecule has 2 aromatic carbocycles. The van der Waals surface area contributed by atoms with Gasteiger partial charge in [-0.15, -0.1) is 0 Å². The molecule has 0 aromatic heterocycles. The molecule has 2 aromatic rings. The molecule has 0 radical (unpaired) electrons. The zero-order valence-electron chi connectivity index (χ0n) is 17.3. The Balaban J connectivity index is 1.47. The summed E-state index contributed by atoms with van der Waals surface area (Å²) in [5.41, 5.74) is 0.622. The van der Waals surface area contributed by atoms with Gasteiger partial charge in [0.25, 0.3) is 11.8 Å². The molecule has 0 N–H and O–H groups in total. The third kappa shape index (κ3) is 5.99. The number of nitrogens with zero attached hydrogens (tertiary/aromatic N) is 2. The average Bonchev–Trinajstić information content (AvgIpc) is 2.78. The molecule has 0 unspecified atom stereocenters. The molecule has 1 aliphatic heterocycles. The zero-order valence-corrected chi connectivity index (χ0v) is 17.3. The Labute approximate surface area is 179 Å². The van der Waals surface area contributed by atoms with Crippen LogP contribution in [0.3, 0.4) is 0 Å². The molecule has 5 nitrogen and oxygen atoms in total. The van der Waals surface area contributed by atoms with Crippen LogP contribution in [0.1, 0.15) is 34.8 Å². The third-order valence-electron chi connectivity index (χ3n) is 5.20. The summed E-state index contributed by atoms with van der Waals surface area (Å²) in [6.45, 7) is 3.36. The lowest BCUT2D eigenvalue weighted by molar-refractivity contribution is -0.137. The predicted octanol–water partition coefficient (Wildman–Crippen LogP) is 4.02. The summed E-state index contributed by atoms with van der Waals surface area (Å²) < 4.78 is 43.6. The Morgan fingerprint density at radius 3 is 2.03 bits per heavy atom. The van der Waals surface area contributed by atoms with E-state index in [-0.39, 0.29) is 24.0 Å². The number of carbonyl (C=O) groups is 2. The summed E-state index contributed by atoms with van der Waals surface area (Å²) in [6, 6.07) is 11.8. The molecule has 0 spiro atoms. The minimum atomic E-state index is -4.44. The molecule has 1 fully saturated rings. The van der Waals surface area contributed by atoms with Crippen molar-refractivity contribution in [1.82, 2.24) is 9.80 Å². The van der Waals surface area contributed by atoms with Crippen molar-refractivity contribution in [2.75, 3.05) is 32.8 Å². The number of rotatable bonds is 6. The largest absolute Gasteiger partial charge is 0.484 e. The topological polar surface area (TPSA) is 49.9 Å². The molecule has 0 atom stereocenters. The van der Waals surface area contributed by atoms with Crippen LogP contribution in [0.15, 0.2) is 48.5 Å². The summed E-state index contributed by atoms with van der Waals surface area (Å²) >= 11 is 0. The fourth-order valence-electron chi connectivity index (χ4n) is 3.42. The fraction of sp³-hybridized carbons (Fsp3) is 0.391. The molecule has 0 aliphatic carbocycles. The maximum Gasteiger partial charge on any atom is 0.416 e. The summed E-state index contributed by atoms with van der Waals surface area (Å²) in [7, 11) is 0. The van der Waals surface area contributed by atoms with Gasteiger partial charge in [0.15, 0.2) is 6.61 Å². The number of alkyl halides is 3. The van der Waals surface area contributed by atoms with Crippen molar-refractivity contribution in [1.29, 1.82) is 0 Å². The van der Waals surface area contributed by atoms with Crippen molar-refractivity contribution in [3.63, 3.8) is 0 Å². The molecular weight excluding hydrogens is 409 g/mol. The van der Waals surface area contributed by atoms with Crippen LogP contribution in [0.2, 0.25) is 0 Å². The molecule has 0 saturated carbocycles. The number of aryl methyl sites for hydroxylation is 1. The Bertz CT molecular complexity index is 888. The zero-order chi connectivity index (χ0) is 22.4. The maximum absolute atomic E-state index is 12.7. The highest BCUT2D eigenvalue weighted by Crippen LogP contribution is 2.29. The molecule has 0 bridgehead atoms. The lowest BCUT2D eigenvalue weighted by Gasteiger charge is -2.34. The number of hydrogen-bond acceptors (Lipinski definition) is 3. The Hall–Kier alpha value is -3.03. The van der Waals surface area contributed by atoms with Gasteiger partial charge < -0.3 is 14.5 Å². The second-order valence-corrected chi connectivity index (χ2v) is 7.43. The van der Waals surface area contributed by atoms with Crippen LogP contribution in [0, 0.1) is 0 Å². The number of halogens is 3. The van der Waals surface area contributed by atoms with Crippen molar-refractivity contribution in [3.05, 3.63) is 65.2 Å². The average molecular weight is 434 g/mol. The van der Waals surface area contributed by atoms with E-state index in [4.69, 9.17) is 4.74 Å². The van der Waals surface area contributed by atoms with Gasteiger partial charge in [-0.2, -0.15) is 13.2 Å². The second kappa shape index (κ2) is 9.85. The Morgan fingerprint density at radius 1 is 0.903 bits per heavy atom. The highest BCUT2D eigenvalue weighted by Gasteiger charge is 2.31. The van der Waals surface area contributed by atoms with Gasteiger partial charge in [-0.05, 0) is 48.4 Å². The minimum Gasteiger partial charge on any atom is -0.484 e. The second-order valence-electron chi connectivity index (χ2n) is 7.43. The number of hydrogen-bond donors (Lipinski definition) is 0. The fourth-order valence-corrected chi connectivity index (χ4v) is 3.42. The van der Waals surface area contributed by atoms with Gasteiger partial charge in [0.2, 0.25) is 0 Å². The van der Waals surface area contributed by atoms with Crippen LogP contribution in [-0.4, -0.2) is 54.4 Å². The van der Waals surface area contributed by atoms with Crippen molar-refractivity contribution >= 4 is 11.8 Å². The SMILES string of the molecule is CCCc1ccc(OCC(=O)N2CCN(C(=O)c3ccc(C(F)(F)F)cc3)CC2)cc1. The van der Waals surface area contributed by atoms with Gasteiger partial charge in [0.05, 0.1) is 5.56 Å². The van der Waals surface area contributed by atoms with Crippen LogP contribution < -0.4 is 4.74 Å². The van der Waals surface area contributed by atoms with E-state index in [0.717, 1.165) is 25.0 Å². The van der Waals surface area contributed by atoms with E-state index in [1.165, 1.54) is 17.7 Å². The van der Waals surface area contributed by atoms with Crippen molar-refractivity contribution < 1.29 is 27.5 Å². The number of ether oxygens (including phenoxy) is 1. The summed E-state index contributed by atoms with van der Waals surface area (Å²) in [4.78, 5) is 28.1. The minimum absolute atomic E-state index is 0.0834. The van der Waals surface area contributed by atoms with E-state index < -0.39 is 11.7 Å². The summed E-state index contributed by atoms with van der Waals surface area (Å²) in [5, 5.41) is 0. The number of benzene rings is 2. The first-order chi connectivity index (χ1) is 14.8. The van der Waals surface area contributed by atoms with E-state index in [9.17, 15) is 22.8 Å². The number of carbonyl (C=O) groups excluding carboxylic acids is 2. The van der Waals surface area contributed by atoms with Gasteiger partial charge in [0.1, 0.15) is 5.75 Å². The molecule has 1 saturated heterocycles. The van der Waals surface area contributed by atoms with Crippen LogP contribution >= 0.6 is 0 Å². The maximum atomic E-state index is 12.7. The molecule has 3 rings (SSSR count). The molecule has 1 aliphatic rings. The van der Waals surface area contributed by atoms with E-state index >= 15 is 0 Å². The summed E-state index contributed by atoms with van der Waals surface area (Å²) in [5.74, 6) is 0.118. The van der Waals surface area contributed by atoms with Gasteiger partial charge in [-0.1, -0.05) is 25.5 Å². The lowest BCUT2D eigenvalue weighted by Crippen LogP contribution is -2.51. The van der Waals surface area contributed by atoms with Gasteiger partial charge in [-0.25, -0.2) is 0 Å². The van der Waals surface area contributed by atoms with Crippen LogP contribution in [-0.2, 0) is 17.4 Å². The highest BCUT2D eigenvalue weighted by atomic mass is 19.4. The molecular formula is C23H25F3N2O3. The Morgan fingerprint density at radius 2 is 1.48 bits per heavy atom. The molecule has 31 heavy (non-hydrogen) atoms. The standard InChI is InChI=1S/C23H25F3N2O3/c1-2-3-17-4-10-20(11-5-17)31-16-21(29)27-12-14-28(15-13-27)22(30)18-6-8-19(9-7-18)23(24,25)26/h4-11H,2-3,12-16H2,1H3. The van der Waals surface area contributed by atoms with Crippen molar-refractivity contribution in [2.45, 2.75) is 25.9 Å². The van der Waals surface area contributed by atoms with E-state index in [1.54, 1.807) is 9.80 Å².